The highest BCUT2D eigenvalue weighted by Gasteiger charge is 2.20. The average Bonchev–Trinajstić information content (AvgIpc) is 2.77. The summed E-state index contributed by atoms with van der Waals surface area (Å²) < 4.78 is 7.20. The molecule has 1 aliphatic rings. The van der Waals surface area contributed by atoms with E-state index in [2.05, 4.69) is 10.4 Å². The van der Waals surface area contributed by atoms with E-state index >= 15 is 0 Å². The molecule has 0 saturated carbocycles. The normalized spacial score (nSPS) is 20.9. The molecular weight excluding hydrogens is 190 g/mol. The highest BCUT2D eigenvalue weighted by Crippen LogP contribution is 2.24. The van der Waals surface area contributed by atoms with E-state index in [1.54, 1.807) is 7.11 Å². The molecule has 0 amide bonds. The Morgan fingerprint density at radius 1 is 1.60 bits per heavy atom. The number of hydrogen-bond donors (Lipinski definition) is 1. The first-order chi connectivity index (χ1) is 7.22. The van der Waals surface area contributed by atoms with Crippen LogP contribution in [0.1, 0.15) is 24.1 Å². The number of aryl methyl sites for hydroxylation is 2. The smallest absolute Gasteiger partial charge is 0.214 e. The molecule has 1 fully saturated rings. The number of nitrogens with one attached hydrogen (secondary N) is 1. The van der Waals surface area contributed by atoms with Crippen molar-refractivity contribution in [2.75, 3.05) is 13.7 Å². The Balaban J connectivity index is 2.18. The molecule has 1 unspecified atom stereocenters. The summed E-state index contributed by atoms with van der Waals surface area (Å²) in [4.78, 5) is 0. The number of ether oxygens (including phenoxy) is 1. The fraction of sp³-hybridized carbons (Fsp3) is 0.727. The third kappa shape index (κ3) is 2.00. The summed E-state index contributed by atoms with van der Waals surface area (Å²) in [6.07, 6.45) is 3.58. The van der Waals surface area contributed by atoms with Gasteiger partial charge in [-0.25, -0.2) is 4.68 Å². The molecule has 1 aromatic rings. The van der Waals surface area contributed by atoms with E-state index in [0.717, 1.165) is 24.5 Å². The molecule has 15 heavy (non-hydrogen) atoms. The van der Waals surface area contributed by atoms with E-state index in [1.807, 2.05) is 18.7 Å². The van der Waals surface area contributed by atoms with Gasteiger partial charge in [0.1, 0.15) is 0 Å². The first kappa shape index (κ1) is 10.5. The fourth-order valence-electron chi connectivity index (χ4n) is 2.35. The number of nitrogens with zero attached hydrogens (tertiary/aromatic N) is 2. The fourth-order valence-corrected chi connectivity index (χ4v) is 2.35. The lowest BCUT2D eigenvalue weighted by molar-refractivity contribution is 0.367. The zero-order valence-corrected chi connectivity index (χ0v) is 9.71. The number of methoxy groups -OCH3 is 1. The van der Waals surface area contributed by atoms with Crippen LogP contribution in [0.2, 0.25) is 0 Å². The summed E-state index contributed by atoms with van der Waals surface area (Å²) >= 11 is 0. The Kier molecular flexibility index (Phi) is 2.95. The molecule has 0 aliphatic carbocycles. The molecule has 1 atom stereocenters. The minimum Gasteiger partial charge on any atom is -0.481 e. The lowest BCUT2D eigenvalue weighted by atomic mass is 10.1. The predicted molar refractivity (Wildman–Crippen MR) is 59.2 cm³/mol. The predicted octanol–water partition coefficient (Wildman–Crippen LogP) is 1.03. The minimum absolute atomic E-state index is 0.599. The van der Waals surface area contributed by atoms with Crippen LogP contribution in [0.4, 0.5) is 0 Å². The van der Waals surface area contributed by atoms with Crippen molar-refractivity contribution in [1.29, 1.82) is 0 Å². The van der Waals surface area contributed by atoms with Gasteiger partial charge in [-0.1, -0.05) is 0 Å². The van der Waals surface area contributed by atoms with Gasteiger partial charge in [-0.3, -0.25) is 0 Å². The molecule has 84 valence electrons. The van der Waals surface area contributed by atoms with E-state index < -0.39 is 0 Å². The molecule has 2 rings (SSSR count). The summed E-state index contributed by atoms with van der Waals surface area (Å²) in [6.45, 7) is 3.19. The van der Waals surface area contributed by atoms with Crippen LogP contribution in [-0.2, 0) is 13.5 Å². The van der Waals surface area contributed by atoms with E-state index in [1.165, 1.54) is 18.4 Å². The summed E-state index contributed by atoms with van der Waals surface area (Å²) in [6, 6.07) is 0.599. The molecule has 0 spiro atoms. The van der Waals surface area contributed by atoms with Crippen molar-refractivity contribution in [1.82, 2.24) is 15.1 Å². The zero-order chi connectivity index (χ0) is 10.8. The Morgan fingerprint density at radius 3 is 3.00 bits per heavy atom. The second-order valence-corrected chi connectivity index (χ2v) is 4.19. The van der Waals surface area contributed by atoms with Crippen molar-refractivity contribution in [3.05, 3.63) is 11.3 Å². The van der Waals surface area contributed by atoms with Gasteiger partial charge in [-0.05, 0) is 32.7 Å². The Labute approximate surface area is 90.6 Å². The standard InChI is InChI=1S/C11H19N3O/c1-8-10(7-9-5-4-6-12-9)11(15-3)14(2)13-8/h9,12H,4-7H2,1-3H3. The summed E-state index contributed by atoms with van der Waals surface area (Å²) in [5.74, 6) is 0.904. The van der Waals surface area contributed by atoms with Crippen LogP contribution in [0, 0.1) is 6.92 Å². The van der Waals surface area contributed by atoms with Crippen LogP contribution in [0.15, 0.2) is 0 Å². The van der Waals surface area contributed by atoms with Crippen molar-refractivity contribution in [2.24, 2.45) is 7.05 Å². The maximum Gasteiger partial charge on any atom is 0.214 e. The SMILES string of the molecule is COc1c(CC2CCCN2)c(C)nn1C. The van der Waals surface area contributed by atoms with Crippen LogP contribution in [0.3, 0.4) is 0 Å². The van der Waals surface area contributed by atoms with Crippen LogP contribution < -0.4 is 10.1 Å². The van der Waals surface area contributed by atoms with Gasteiger partial charge in [0.2, 0.25) is 5.88 Å². The molecule has 0 radical (unpaired) electrons. The summed E-state index contributed by atoms with van der Waals surface area (Å²) in [5.41, 5.74) is 2.34. The second kappa shape index (κ2) is 4.23. The number of aromatic nitrogens is 2. The molecule has 1 N–H and O–H groups in total. The molecule has 4 heteroatoms. The lowest BCUT2D eigenvalue weighted by Crippen LogP contribution is -2.24. The van der Waals surface area contributed by atoms with Crippen LogP contribution >= 0.6 is 0 Å². The molecule has 4 nitrogen and oxygen atoms in total. The maximum absolute atomic E-state index is 5.38. The summed E-state index contributed by atoms with van der Waals surface area (Å²) in [7, 11) is 3.64. The van der Waals surface area contributed by atoms with Gasteiger partial charge in [-0.15, -0.1) is 0 Å². The first-order valence-corrected chi connectivity index (χ1v) is 5.52. The van der Waals surface area contributed by atoms with Crippen molar-refractivity contribution in [3.63, 3.8) is 0 Å². The van der Waals surface area contributed by atoms with Gasteiger partial charge in [0.25, 0.3) is 0 Å². The third-order valence-corrected chi connectivity index (χ3v) is 3.10. The highest BCUT2D eigenvalue weighted by molar-refractivity contribution is 5.31. The highest BCUT2D eigenvalue weighted by atomic mass is 16.5. The quantitative estimate of drug-likeness (QED) is 0.808. The monoisotopic (exact) mass is 209 g/mol. The average molecular weight is 209 g/mol. The largest absolute Gasteiger partial charge is 0.481 e. The van der Waals surface area contributed by atoms with Crippen LogP contribution in [-0.4, -0.2) is 29.5 Å². The number of rotatable bonds is 3. The van der Waals surface area contributed by atoms with Crippen LogP contribution in [0.5, 0.6) is 5.88 Å². The summed E-state index contributed by atoms with van der Waals surface area (Å²) in [5, 5.41) is 7.89. The van der Waals surface area contributed by atoms with Crippen molar-refractivity contribution >= 4 is 0 Å². The van der Waals surface area contributed by atoms with E-state index in [-0.39, 0.29) is 0 Å². The van der Waals surface area contributed by atoms with E-state index in [4.69, 9.17) is 4.74 Å². The molecule has 2 heterocycles. The van der Waals surface area contributed by atoms with Gasteiger partial charge in [0.05, 0.1) is 12.8 Å². The second-order valence-electron chi connectivity index (χ2n) is 4.19. The third-order valence-electron chi connectivity index (χ3n) is 3.10. The van der Waals surface area contributed by atoms with Gasteiger partial charge in [0, 0.05) is 18.7 Å². The lowest BCUT2D eigenvalue weighted by Gasteiger charge is -2.10. The maximum atomic E-state index is 5.38. The molecular formula is C11H19N3O. The van der Waals surface area contributed by atoms with Crippen molar-refractivity contribution in [3.8, 4) is 5.88 Å². The van der Waals surface area contributed by atoms with Gasteiger partial charge < -0.3 is 10.1 Å². The van der Waals surface area contributed by atoms with Gasteiger partial charge >= 0.3 is 0 Å². The Morgan fingerprint density at radius 2 is 2.40 bits per heavy atom. The van der Waals surface area contributed by atoms with Gasteiger partial charge in [0.15, 0.2) is 0 Å². The minimum atomic E-state index is 0.599. The molecule has 1 aromatic heterocycles. The van der Waals surface area contributed by atoms with E-state index in [9.17, 15) is 0 Å². The van der Waals surface area contributed by atoms with Gasteiger partial charge in [-0.2, -0.15) is 5.10 Å². The van der Waals surface area contributed by atoms with Crippen molar-refractivity contribution in [2.45, 2.75) is 32.2 Å². The number of hydrogen-bond acceptors (Lipinski definition) is 3. The van der Waals surface area contributed by atoms with Crippen LogP contribution in [0.25, 0.3) is 0 Å². The molecule has 0 aromatic carbocycles. The van der Waals surface area contributed by atoms with E-state index in [0.29, 0.717) is 6.04 Å². The van der Waals surface area contributed by atoms with Crippen molar-refractivity contribution < 1.29 is 4.74 Å². The Bertz CT molecular complexity index is 340. The first-order valence-electron chi connectivity index (χ1n) is 5.52. The molecule has 0 bridgehead atoms. The Hall–Kier alpha value is -1.03. The topological polar surface area (TPSA) is 39.1 Å². The molecule has 1 aliphatic heterocycles. The molecule has 1 saturated heterocycles. The zero-order valence-electron chi connectivity index (χ0n) is 9.71.